The number of carboxylic acid groups (broad SMARTS) is 1. The number of nitriles is 1. The second kappa shape index (κ2) is 12.4. The van der Waals surface area contributed by atoms with Crippen LogP contribution in [0.1, 0.15) is 16.8 Å². The number of nitrogens with two attached hydrogens (primary N) is 1. The number of pyridine rings is 1. The summed E-state index contributed by atoms with van der Waals surface area (Å²) in [6, 6.07) is 12.8. The van der Waals surface area contributed by atoms with Crippen molar-refractivity contribution in [1.82, 2.24) is 20.1 Å². The van der Waals surface area contributed by atoms with Crippen molar-refractivity contribution in [3.63, 3.8) is 0 Å². The van der Waals surface area contributed by atoms with Crippen LogP contribution in [0.25, 0.3) is 11.0 Å². The highest BCUT2D eigenvalue weighted by Gasteiger charge is 2.20. The van der Waals surface area contributed by atoms with Gasteiger partial charge in [0.1, 0.15) is 5.75 Å². The third-order valence-corrected chi connectivity index (χ3v) is 5.64. The Kier molecular flexibility index (Phi) is 9.32. The van der Waals surface area contributed by atoms with E-state index in [1.54, 1.807) is 24.3 Å². The van der Waals surface area contributed by atoms with Gasteiger partial charge in [-0.15, -0.1) is 4.68 Å². The highest BCUT2D eigenvalue weighted by atomic mass is 79.9. The number of ether oxygens (including phenoxy) is 1. The van der Waals surface area contributed by atoms with Crippen molar-refractivity contribution in [1.29, 1.82) is 5.26 Å². The molecule has 0 amide bonds. The smallest absolute Gasteiger partial charge is 0.434 e. The molecule has 0 bridgehead atoms. The lowest BCUT2D eigenvalue weighted by Gasteiger charge is -2.12. The summed E-state index contributed by atoms with van der Waals surface area (Å²) in [4.78, 5) is 15.5. The van der Waals surface area contributed by atoms with E-state index in [0.29, 0.717) is 15.6 Å². The fourth-order valence-electron chi connectivity index (χ4n) is 3.21. The van der Waals surface area contributed by atoms with Crippen LogP contribution in [0.2, 0.25) is 5.02 Å². The first kappa shape index (κ1) is 27.0. The lowest BCUT2D eigenvalue weighted by atomic mass is 10.1. The van der Waals surface area contributed by atoms with Crippen molar-refractivity contribution in [2.24, 2.45) is 5.73 Å². The van der Waals surface area contributed by atoms with Gasteiger partial charge < -0.3 is 20.9 Å². The Morgan fingerprint density at radius 2 is 2.14 bits per heavy atom. The van der Waals surface area contributed by atoms with Crippen molar-refractivity contribution in [2.75, 3.05) is 20.1 Å². The summed E-state index contributed by atoms with van der Waals surface area (Å²) in [6.45, 7) is 1.65. The molecule has 186 valence electrons. The number of rotatable bonds is 6. The number of nitrogens with one attached hydrogen (secondary N) is 1. The first-order valence-electron chi connectivity index (χ1n) is 10.5. The molecule has 4 rings (SSSR count). The molecule has 2 aromatic carbocycles. The fraction of sp³-hybridized carbons (Fsp3) is 0.167. The number of nitrogens with zero attached hydrogens (tertiary/aromatic N) is 4. The zero-order valence-electron chi connectivity index (χ0n) is 19.0. The number of aromatic nitrogens is 3. The molecule has 0 radical (unpaired) electrons. The van der Waals surface area contributed by atoms with Crippen molar-refractivity contribution in [3.8, 4) is 17.6 Å². The minimum atomic E-state index is -1.29. The standard InChI is InChI=1S/C21H11BrClFN4O3.C3H10N2/c22-16-4-3-12(8-17-15-2-1-5-26-20(15)28(27-17)21(29)30)18(24)19(16)31-14-7-11(10-25)6-13(23)9-14;1-5-3-2-4/h1-7,9H,8H2,(H,29,30);5H,2-4H2,1H3. The van der Waals surface area contributed by atoms with Gasteiger partial charge in [0.15, 0.2) is 17.2 Å². The number of carbonyl (C=O) groups is 1. The Bertz CT molecular complexity index is 1440. The molecule has 2 heterocycles. The van der Waals surface area contributed by atoms with Gasteiger partial charge in [-0.1, -0.05) is 17.7 Å². The Balaban J connectivity index is 0.000000658. The summed E-state index contributed by atoms with van der Waals surface area (Å²) in [5.74, 6) is -0.552. The Morgan fingerprint density at radius 3 is 2.78 bits per heavy atom. The summed E-state index contributed by atoms with van der Waals surface area (Å²) in [5, 5.41) is 26.2. The maximum Gasteiger partial charge on any atom is 0.434 e. The normalized spacial score (nSPS) is 10.4. The topological polar surface area (TPSA) is 139 Å². The van der Waals surface area contributed by atoms with Crippen LogP contribution in [-0.2, 0) is 6.42 Å². The average molecular weight is 576 g/mol. The molecular weight excluding hydrogens is 555 g/mol. The predicted octanol–water partition coefficient (Wildman–Crippen LogP) is 4.93. The summed E-state index contributed by atoms with van der Waals surface area (Å²) in [6.07, 6.45) is 0.182. The zero-order valence-corrected chi connectivity index (χ0v) is 21.3. The third-order valence-electron chi connectivity index (χ3n) is 4.80. The number of fused-ring (bicyclic) bond motifs is 1. The minimum Gasteiger partial charge on any atom is -0.463 e. The molecule has 0 aliphatic rings. The summed E-state index contributed by atoms with van der Waals surface area (Å²) in [5.41, 5.74) is 6.11. The van der Waals surface area contributed by atoms with Crippen molar-refractivity contribution in [2.45, 2.75) is 6.42 Å². The largest absolute Gasteiger partial charge is 0.463 e. The molecule has 36 heavy (non-hydrogen) atoms. The lowest BCUT2D eigenvalue weighted by Crippen LogP contribution is -2.17. The number of benzene rings is 2. The summed E-state index contributed by atoms with van der Waals surface area (Å²) < 4.78 is 22.1. The van der Waals surface area contributed by atoms with Crippen LogP contribution in [0.15, 0.2) is 53.1 Å². The van der Waals surface area contributed by atoms with Crippen LogP contribution in [-0.4, -0.2) is 46.1 Å². The molecule has 0 spiro atoms. The second-order valence-electron chi connectivity index (χ2n) is 7.32. The number of likely N-dealkylation sites (N-methyl/N-ethyl adjacent to an activating group) is 1. The SMILES string of the molecule is CNCCN.N#Cc1cc(Cl)cc(Oc2c(Br)ccc(Cc3nn(C(=O)O)c4ncccc34)c2F)c1. The van der Waals surface area contributed by atoms with E-state index in [2.05, 4.69) is 31.3 Å². The van der Waals surface area contributed by atoms with E-state index >= 15 is 4.39 Å². The van der Waals surface area contributed by atoms with Gasteiger partial charge in [0.05, 0.1) is 21.8 Å². The molecule has 0 aliphatic carbocycles. The van der Waals surface area contributed by atoms with E-state index in [1.165, 1.54) is 24.4 Å². The van der Waals surface area contributed by atoms with E-state index in [4.69, 9.17) is 27.3 Å². The molecule has 0 unspecified atom stereocenters. The van der Waals surface area contributed by atoms with Gasteiger partial charge >= 0.3 is 6.09 Å². The van der Waals surface area contributed by atoms with Crippen LogP contribution in [0, 0.1) is 17.1 Å². The van der Waals surface area contributed by atoms with Crippen LogP contribution in [0.3, 0.4) is 0 Å². The van der Waals surface area contributed by atoms with Gasteiger partial charge in [-0.05, 0) is 64.9 Å². The first-order chi connectivity index (χ1) is 17.3. The molecule has 2 aromatic heterocycles. The van der Waals surface area contributed by atoms with Crippen LogP contribution in [0.4, 0.5) is 9.18 Å². The van der Waals surface area contributed by atoms with Gasteiger partial charge in [0.25, 0.3) is 0 Å². The maximum absolute atomic E-state index is 15.3. The Labute approximate surface area is 219 Å². The van der Waals surface area contributed by atoms with E-state index in [0.717, 1.165) is 17.8 Å². The molecule has 0 fully saturated rings. The van der Waals surface area contributed by atoms with Crippen molar-refractivity contribution >= 4 is 44.7 Å². The molecule has 0 saturated heterocycles. The molecule has 0 saturated carbocycles. The van der Waals surface area contributed by atoms with E-state index in [-0.39, 0.29) is 39.7 Å². The lowest BCUT2D eigenvalue weighted by molar-refractivity contribution is 0.193. The molecule has 9 nitrogen and oxygen atoms in total. The highest BCUT2D eigenvalue weighted by molar-refractivity contribution is 9.10. The van der Waals surface area contributed by atoms with Crippen LogP contribution in [0.5, 0.6) is 11.5 Å². The second-order valence-corrected chi connectivity index (χ2v) is 8.61. The minimum absolute atomic E-state index is 0.0109. The van der Waals surface area contributed by atoms with Crippen LogP contribution < -0.4 is 15.8 Å². The predicted molar refractivity (Wildman–Crippen MR) is 137 cm³/mol. The average Bonchev–Trinajstić information content (AvgIpc) is 3.23. The third kappa shape index (κ3) is 6.35. The van der Waals surface area contributed by atoms with Gasteiger partial charge in [0.2, 0.25) is 0 Å². The highest BCUT2D eigenvalue weighted by Crippen LogP contribution is 2.36. The molecular formula is C24H21BrClFN6O3. The quantitative estimate of drug-likeness (QED) is 0.294. The number of hydrogen-bond acceptors (Lipinski definition) is 7. The van der Waals surface area contributed by atoms with E-state index in [9.17, 15) is 9.90 Å². The zero-order chi connectivity index (χ0) is 26.2. The first-order valence-corrected chi connectivity index (χ1v) is 11.7. The molecule has 12 heteroatoms. The summed E-state index contributed by atoms with van der Waals surface area (Å²) >= 11 is 9.27. The Hall–Kier alpha value is -3.56. The molecule has 0 atom stereocenters. The van der Waals surface area contributed by atoms with Gasteiger partial charge in [-0.2, -0.15) is 10.4 Å². The molecule has 0 aliphatic heterocycles. The van der Waals surface area contributed by atoms with E-state index < -0.39 is 11.9 Å². The van der Waals surface area contributed by atoms with Crippen LogP contribution >= 0.6 is 27.5 Å². The molecule has 4 aromatic rings. The van der Waals surface area contributed by atoms with Gasteiger partial charge in [-0.25, -0.2) is 14.2 Å². The monoisotopic (exact) mass is 574 g/mol. The number of hydrogen-bond donors (Lipinski definition) is 3. The number of halogens is 3. The van der Waals surface area contributed by atoms with Crippen molar-refractivity contribution in [3.05, 3.63) is 80.8 Å². The van der Waals surface area contributed by atoms with Gasteiger partial charge in [0, 0.05) is 36.1 Å². The van der Waals surface area contributed by atoms with E-state index in [1.807, 2.05) is 13.1 Å². The van der Waals surface area contributed by atoms with Gasteiger partial charge in [-0.3, -0.25) is 0 Å². The molecule has 4 N–H and O–H groups in total. The van der Waals surface area contributed by atoms with Crippen molar-refractivity contribution < 1.29 is 19.0 Å². The Morgan fingerprint density at radius 1 is 1.36 bits per heavy atom. The maximum atomic E-state index is 15.3. The summed E-state index contributed by atoms with van der Waals surface area (Å²) in [7, 11) is 1.88. The fourth-order valence-corrected chi connectivity index (χ4v) is 3.82.